The fourth-order valence-corrected chi connectivity index (χ4v) is 2.01. The Morgan fingerprint density at radius 2 is 2.35 bits per heavy atom. The molecule has 1 atom stereocenters. The number of ether oxygens (including phenoxy) is 1. The molecule has 0 spiro atoms. The largest absolute Gasteiger partial charge is 0.376 e. The highest BCUT2D eigenvalue weighted by Gasteiger charge is 2.19. The van der Waals surface area contributed by atoms with Gasteiger partial charge in [-0.1, -0.05) is 0 Å². The molecule has 1 saturated heterocycles. The van der Waals surface area contributed by atoms with Gasteiger partial charge in [-0.15, -0.1) is 0 Å². The molecule has 0 amide bonds. The van der Waals surface area contributed by atoms with Crippen LogP contribution in [0.25, 0.3) is 0 Å². The van der Waals surface area contributed by atoms with E-state index in [4.69, 9.17) is 10.00 Å². The second kappa shape index (κ2) is 4.68. The molecule has 17 heavy (non-hydrogen) atoms. The predicted octanol–water partition coefficient (Wildman–Crippen LogP) is 0.911. The first-order valence-electron chi connectivity index (χ1n) is 5.73. The van der Waals surface area contributed by atoms with E-state index in [-0.39, 0.29) is 17.2 Å². The molecule has 1 aliphatic rings. The van der Waals surface area contributed by atoms with Gasteiger partial charge < -0.3 is 4.74 Å². The van der Waals surface area contributed by atoms with E-state index in [1.165, 1.54) is 4.68 Å². The molecule has 1 unspecified atom stereocenters. The lowest BCUT2D eigenvalue weighted by Gasteiger charge is -2.12. The summed E-state index contributed by atoms with van der Waals surface area (Å²) < 4.78 is 6.83. The van der Waals surface area contributed by atoms with Gasteiger partial charge in [0.05, 0.1) is 18.3 Å². The number of nitriles is 1. The highest BCUT2D eigenvalue weighted by Crippen LogP contribution is 2.13. The molecule has 0 saturated carbocycles. The first-order chi connectivity index (χ1) is 8.13. The average Bonchev–Trinajstić information content (AvgIpc) is 2.79. The van der Waals surface area contributed by atoms with Gasteiger partial charge in [0.15, 0.2) is 0 Å². The van der Waals surface area contributed by atoms with Crippen LogP contribution in [0.5, 0.6) is 0 Å². The summed E-state index contributed by atoms with van der Waals surface area (Å²) in [6, 6.07) is 1.96. The maximum Gasteiger partial charge on any atom is 0.285 e. The van der Waals surface area contributed by atoms with Crippen molar-refractivity contribution in [3.05, 3.63) is 27.2 Å². The topological polar surface area (TPSA) is 67.9 Å². The van der Waals surface area contributed by atoms with Crippen LogP contribution in [0.2, 0.25) is 0 Å². The van der Waals surface area contributed by atoms with Gasteiger partial charge >= 0.3 is 0 Å². The molecule has 1 aromatic heterocycles. The monoisotopic (exact) mass is 233 g/mol. The Morgan fingerprint density at radius 1 is 1.59 bits per heavy atom. The zero-order valence-electron chi connectivity index (χ0n) is 10.1. The summed E-state index contributed by atoms with van der Waals surface area (Å²) in [5.41, 5.74) is 1.27. The highest BCUT2D eigenvalue weighted by atomic mass is 16.5. The number of hydrogen-bond acceptors (Lipinski definition) is 4. The van der Waals surface area contributed by atoms with Crippen LogP contribution >= 0.6 is 0 Å². The zero-order chi connectivity index (χ0) is 12.4. The highest BCUT2D eigenvalue weighted by molar-refractivity contribution is 5.36. The van der Waals surface area contributed by atoms with Crippen LogP contribution in [-0.2, 0) is 11.3 Å². The molecule has 1 fully saturated rings. The predicted molar refractivity (Wildman–Crippen MR) is 61.7 cm³/mol. The third-order valence-corrected chi connectivity index (χ3v) is 3.15. The average molecular weight is 233 g/mol. The Labute approximate surface area is 99.6 Å². The van der Waals surface area contributed by atoms with Gasteiger partial charge in [-0.25, -0.2) is 4.68 Å². The Balaban J connectivity index is 2.38. The Morgan fingerprint density at radius 3 is 2.94 bits per heavy atom. The Hall–Kier alpha value is -1.67. The lowest BCUT2D eigenvalue weighted by atomic mass is 10.1. The first kappa shape index (κ1) is 11.8. The molecule has 0 N–H and O–H groups in total. The maximum atomic E-state index is 12.0. The van der Waals surface area contributed by atoms with Crippen molar-refractivity contribution in [1.29, 1.82) is 5.26 Å². The van der Waals surface area contributed by atoms with Crippen LogP contribution < -0.4 is 5.56 Å². The van der Waals surface area contributed by atoms with Crippen LogP contribution in [0.1, 0.15) is 29.7 Å². The quantitative estimate of drug-likeness (QED) is 0.761. The van der Waals surface area contributed by atoms with Gasteiger partial charge in [0.1, 0.15) is 11.6 Å². The van der Waals surface area contributed by atoms with Gasteiger partial charge in [0.25, 0.3) is 5.56 Å². The van der Waals surface area contributed by atoms with Gasteiger partial charge in [0, 0.05) is 6.61 Å². The summed E-state index contributed by atoms with van der Waals surface area (Å²) in [4.78, 5) is 12.0. The molecule has 0 aromatic carbocycles. The van der Waals surface area contributed by atoms with Crippen LogP contribution in [0.3, 0.4) is 0 Å². The SMILES string of the molecule is Cc1nn(CC2CCCO2)c(=O)c(C#N)c1C. The molecule has 1 aromatic rings. The fraction of sp³-hybridized carbons (Fsp3) is 0.583. The normalized spacial score (nSPS) is 19.2. The van der Waals surface area contributed by atoms with Gasteiger partial charge in [0.2, 0.25) is 0 Å². The van der Waals surface area contributed by atoms with E-state index >= 15 is 0 Å². The molecular formula is C12H15N3O2. The molecule has 0 aliphatic carbocycles. The third-order valence-electron chi connectivity index (χ3n) is 3.15. The summed E-state index contributed by atoms with van der Waals surface area (Å²) >= 11 is 0. The van der Waals surface area contributed by atoms with E-state index in [1.807, 2.05) is 13.0 Å². The second-order valence-corrected chi connectivity index (χ2v) is 4.32. The van der Waals surface area contributed by atoms with Crippen molar-refractivity contribution in [3.63, 3.8) is 0 Å². The second-order valence-electron chi connectivity index (χ2n) is 4.32. The minimum Gasteiger partial charge on any atom is -0.376 e. The molecule has 0 bridgehead atoms. The summed E-state index contributed by atoms with van der Waals surface area (Å²) in [5.74, 6) is 0. The van der Waals surface area contributed by atoms with Crippen molar-refractivity contribution in [2.75, 3.05) is 6.61 Å². The van der Waals surface area contributed by atoms with E-state index in [0.29, 0.717) is 12.1 Å². The standard InChI is InChI=1S/C12H15N3O2/c1-8-9(2)14-15(12(16)11(8)6-13)7-10-4-3-5-17-10/h10H,3-5,7H2,1-2H3. The summed E-state index contributed by atoms with van der Waals surface area (Å²) in [5, 5.41) is 13.2. The summed E-state index contributed by atoms with van der Waals surface area (Å²) in [6.07, 6.45) is 2.02. The van der Waals surface area contributed by atoms with Crippen molar-refractivity contribution >= 4 is 0 Å². The van der Waals surface area contributed by atoms with Crippen LogP contribution in [0.4, 0.5) is 0 Å². The summed E-state index contributed by atoms with van der Waals surface area (Å²) in [6.45, 7) is 4.74. The lowest BCUT2D eigenvalue weighted by Crippen LogP contribution is -2.31. The number of aryl methyl sites for hydroxylation is 1. The minimum atomic E-state index is -0.314. The van der Waals surface area contributed by atoms with Crippen molar-refractivity contribution in [1.82, 2.24) is 9.78 Å². The zero-order valence-corrected chi connectivity index (χ0v) is 10.1. The molecule has 2 rings (SSSR count). The van der Waals surface area contributed by atoms with Crippen LogP contribution in [0.15, 0.2) is 4.79 Å². The minimum absolute atomic E-state index is 0.0499. The molecule has 0 radical (unpaired) electrons. The fourth-order valence-electron chi connectivity index (χ4n) is 2.01. The van der Waals surface area contributed by atoms with Gasteiger partial charge in [-0.3, -0.25) is 4.79 Å². The van der Waals surface area contributed by atoms with E-state index in [1.54, 1.807) is 6.92 Å². The molecule has 1 aliphatic heterocycles. The van der Waals surface area contributed by atoms with Crippen molar-refractivity contribution in [2.45, 2.75) is 39.3 Å². The molecular weight excluding hydrogens is 218 g/mol. The maximum absolute atomic E-state index is 12.0. The van der Waals surface area contributed by atoms with E-state index in [2.05, 4.69) is 5.10 Å². The van der Waals surface area contributed by atoms with Crippen molar-refractivity contribution in [2.24, 2.45) is 0 Å². The Kier molecular flexibility index (Phi) is 3.25. The number of hydrogen-bond donors (Lipinski definition) is 0. The van der Waals surface area contributed by atoms with Crippen LogP contribution in [-0.4, -0.2) is 22.5 Å². The summed E-state index contributed by atoms with van der Waals surface area (Å²) in [7, 11) is 0. The lowest BCUT2D eigenvalue weighted by molar-refractivity contribution is 0.0925. The van der Waals surface area contributed by atoms with Crippen LogP contribution in [0, 0.1) is 25.2 Å². The van der Waals surface area contributed by atoms with Gasteiger partial charge in [-0.2, -0.15) is 10.4 Å². The number of rotatable bonds is 2. The van der Waals surface area contributed by atoms with E-state index < -0.39 is 0 Å². The molecule has 5 nitrogen and oxygen atoms in total. The molecule has 5 heteroatoms. The number of nitrogens with zero attached hydrogens (tertiary/aromatic N) is 3. The third kappa shape index (κ3) is 2.22. The Bertz CT molecular complexity index is 522. The van der Waals surface area contributed by atoms with E-state index in [0.717, 1.165) is 25.1 Å². The first-order valence-corrected chi connectivity index (χ1v) is 5.73. The van der Waals surface area contributed by atoms with E-state index in [9.17, 15) is 4.79 Å². The smallest absolute Gasteiger partial charge is 0.285 e. The van der Waals surface area contributed by atoms with Gasteiger partial charge in [-0.05, 0) is 32.3 Å². The van der Waals surface area contributed by atoms with Crippen molar-refractivity contribution in [3.8, 4) is 6.07 Å². The number of aromatic nitrogens is 2. The van der Waals surface area contributed by atoms with Crippen molar-refractivity contribution < 1.29 is 4.74 Å². The molecule has 90 valence electrons. The molecule has 2 heterocycles.